The third-order valence-corrected chi connectivity index (χ3v) is 4.23. The molecule has 0 atom stereocenters. The van der Waals surface area contributed by atoms with Crippen LogP contribution < -0.4 is 16.2 Å². The van der Waals surface area contributed by atoms with Gasteiger partial charge in [0.25, 0.3) is 5.91 Å². The van der Waals surface area contributed by atoms with Crippen LogP contribution >= 0.6 is 11.8 Å². The molecule has 0 aliphatic carbocycles. The van der Waals surface area contributed by atoms with Gasteiger partial charge in [-0.05, 0) is 43.6 Å². The zero-order valence-electron chi connectivity index (χ0n) is 14.4. The Hall–Kier alpha value is -1.69. The van der Waals surface area contributed by atoms with Gasteiger partial charge in [0.1, 0.15) is 0 Å². The Bertz CT molecular complexity index is 533. The highest BCUT2D eigenvalue weighted by atomic mass is 32.2. The molecule has 0 heterocycles. The summed E-state index contributed by atoms with van der Waals surface area (Å²) in [7, 11) is 0. The largest absolute Gasteiger partial charge is 0.376 e. The molecule has 0 aliphatic rings. The summed E-state index contributed by atoms with van der Waals surface area (Å²) in [6.07, 6.45) is 1.09. The van der Waals surface area contributed by atoms with Crippen molar-refractivity contribution in [2.24, 2.45) is 5.92 Å². The third-order valence-electron chi connectivity index (χ3n) is 3.24. The molecule has 6 heteroatoms. The molecule has 2 amide bonds. The van der Waals surface area contributed by atoms with E-state index in [-0.39, 0.29) is 18.4 Å². The number of carbonyl (C=O) groups excluding carboxylic acids is 2. The molecule has 3 N–H and O–H groups in total. The fraction of sp³-hybridized carbons (Fsp3) is 0.529. The molecular weight excluding hydrogens is 310 g/mol. The van der Waals surface area contributed by atoms with Crippen molar-refractivity contribution < 1.29 is 9.59 Å². The highest BCUT2D eigenvalue weighted by molar-refractivity contribution is 7.99. The van der Waals surface area contributed by atoms with Gasteiger partial charge in [-0.15, -0.1) is 0 Å². The maximum absolute atomic E-state index is 11.7. The summed E-state index contributed by atoms with van der Waals surface area (Å²) in [4.78, 5) is 23.3. The predicted octanol–water partition coefficient (Wildman–Crippen LogP) is 2.64. The first kappa shape index (κ1) is 19.4. The summed E-state index contributed by atoms with van der Waals surface area (Å²) in [5.74, 6) is 1.50. The van der Waals surface area contributed by atoms with Crippen molar-refractivity contribution >= 4 is 29.3 Å². The molecule has 0 saturated carbocycles. The fourth-order valence-corrected chi connectivity index (χ4v) is 2.93. The van der Waals surface area contributed by atoms with E-state index in [4.69, 9.17) is 0 Å². The van der Waals surface area contributed by atoms with Gasteiger partial charge in [-0.1, -0.05) is 31.5 Å². The zero-order valence-corrected chi connectivity index (χ0v) is 15.2. The molecule has 1 rings (SSSR count). The number of anilines is 1. The molecule has 128 valence electrons. The van der Waals surface area contributed by atoms with Crippen LogP contribution in [0.2, 0.25) is 0 Å². The number of hydrazine groups is 1. The fourth-order valence-electron chi connectivity index (χ4n) is 1.89. The van der Waals surface area contributed by atoms with Gasteiger partial charge >= 0.3 is 0 Å². The topological polar surface area (TPSA) is 70.2 Å². The lowest BCUT2D eigenvalue weighted by molar-refractivity contribution is -0.126. The smallest absolute Gasteiger partial charge is 0.257 e. The van der Waals surface area contributed by atoms with Crippen LogP contribution in [0, 0.1) is 19.8 Å². The highest BCUT2D eigenvalue weighted by Crippen LogP contribution is 2.15. The van der Waals surface area contributed by atoms with Crippen LogP contribution in [0.3, 0.4) is 0 Å². The first-order valence-electron chi connectivity index (χ1n) is 7.85. The summed E-state index contributed by atoms with van der Waals surface area (Å²) in [6, 6.07) is 5.99. The van der Waals surface area contributed by atoms with E-state index in [1.54, 1.807) is 11.8 Å². The summed E-state index contributed by atoms with van der Waals surface area (Å²) in [6.45, 7) is 8.44. The number of carbonyl (C=O) groups is 2. The molecule has 0 saturated heterocycles. The lowest BCUT2D eigenvalue weighted by Crippen LogP contribution is -2.45. The van der Waals surface area contributed by atoms with Gasteiger partial charge in [0.15, 0.2) is 0 Å². The number of benzene rings is 1. The SMILES string of the molecule is Cc1ccc(NCC(=O)NNC(=O)CSCCC(C)C)c(C)c1. The average molecular weight is 337 g/mol. The second-order valence-electron chi connectivity index (χ2n) is 6.00. The number of hydrogen-bond acceptors (Lipinski definition) is 4. The number of aryl methyl sites for hydroxylation is 2. The van der Waals surface area contributed by atoms with E-state index < -0.39 is 0 Å². The van der Waals surface area contributed by atoms with E-state index in [0.29, 0.717) is 11.7 Å². The average Bonchev–Trinajstić information content (AvgIpc) is 2.48. The van der Waals surface area contributed by atoms with Gasteiger partial charge in [-0.25, -0.2) is 0 Å². The van der Waals surface area contributed by atoms with Gasteiger partial charge < -0.3 is 5.32 Å². The van der Waals surface area contributed by atoms with Gasteiger partial charge in [-0.3, -0.25) is 20.4 Å². The Labute approximate surface area is 143 Å². The molecule has 0 spiro atoms. The molecule has 23 heavy (non-hydrogen) atoms. The van der Waals surface area contributed by atoms with Crippen molar-refractivity contribution in [1.82, 2.24) is 10.9 Å². The Morgan fingerprint density at radius 1 is 1.13 bits per heavy atom. The van der Waals surface area contributed by atoms with E-state index in [2.05, 4.69) is 36.1 Å². The molecule has 0 unspecified atom stereocenters. The first-order valence-corrected chi connectivity index (χ1v) is 9.00. The van der Waals surface area contributed by atoms with E-state index in [1.165, 1.54) is 5.56 Å². The third kappa shape index (κ3) is 8.50. The number of thioether (sulfide) groups is 1. The minimum absolute atomic E-state index is 0.116. The number of rotatable bonds is 8. The predicted molar refractivity (Wildman–Crippen MR) is 97.5 cm³/mol. The van der Waals surface area contributed by atoms with Crippen LogP contribution in [0.25, 0.3) is 0 Å². The van der Waals surface area contributed by atoms with Gasteiger partial charge in [0.2, 0.25) is 5.91 Å². The van der Waals surface area contributed by atoms with Crippen molar-refractivity contribution in [2.45, 2.75) is 34.1 Å². The molecule has 0 radical (unpaired) electrons. The summed E-state index contributed by atoms with van der Waals surface area (Å²) < 4.78 is 0. The van der Waals surface area contributed by atoms with Crippen LogP contribution in [0.5, 0.6) is 0 Å². The minimum Gasteiger partial charge on any atom is -0.376 e. The van der Waals surface area contributed by atoms with Crippen LogP contribution in [0.4, 0.5) is 5.69 Å². The molecule has 0 aliphatic heterocycles. The monoisotopic (exact) mass is 337 g/mol. The maximum atomic E-state index is 11.7. The molecule has 5 nitrogen and oxygen atoms in total. The van der Waals surface area contributed by atoms with Gasteiger partial charge in [0, 0.05) is 5.69 Å². The van der Waals surface area contributed by atoms with Crippen molar-refractivity contribution in [1.29, 1.82) is 0 Å². The zero-order chi connectivity index (χ0) is 17.2. The summed E-state index contributed by atoms with van der Waals surface area (Å²) in [5, 5.41) is 3.06. The molecule has 0 fully saturated rings. The molecule has 1 aromatic carbocycles. The highest BCUT2D eigenvalue weighted by Gasteiger charge is 2.06. The number of nitrogens with one attached hydrogen (secondary N) is 3. The van der Waals surface area contributed by atoms with Crippen molar-refractivity contribution in [2.75, 3.05) is 23.4 Å². The van der Waals surface area contributed by atoms with Crippen LogP contribution in [-0.2, 0) is 9.59 Å². The lowest BCUT2D eigenvalue weighted by atomic mass is 10.1. The summed E-state index contributed by atoms with van der Waals surface area (Å²) in [5.41, 5.74) is 8.03. The Balaban J connectivity index is 2.20. The quantitative estimate of drug-likeness (QED) is 0.504. The normalized spacial score (nSPS) is 10.5. The van der Waals surface area contributed by atoms with E-state index >= 15 is 0 Å². The number of amides is 2. The maximum Gasteiger partial charge on any atom is 0.257 e. The van der Waals surface area contributed by atoms with E-state index in [0.717, 1.165) is 23.4 Å². The van der Waals surface area contributed by atoms with Crippen LogP contribution in [0.15, 0.2) is 18.2 Å². The Morgan fingerprint density at radius 3 is 2.48 bits per heavy atom. The molecular formula is C17H27N3O2S. The minimum atomic E-state index is -0.273. The Kier molecular flexibility index (Phi) is 8.55. The van der Waals surface area contributed by atoms with Crippen molar-refractivity contribution in [3.05, 3.63) is 29.3 Å². The lowest BCUT2D eigenvalue weighted by Gasteiger charge is -2.11. The standard InChI is InChI=1S/C17H27N3O2S/c1-12(2)7-8-23-11-17(22)20-19-16(21)10-18-15-6-5-13(3)9-14(15)4/h5-6,9,12,18H,7-8,10-11H2,1-4H3,(H,19,21)(H,20,22). The number of hydrogen-bond donors (Lipinski definition) is 3. The molecule has 0 aromatic heterocycles. The van der Waals surface area contributed by atoms with E-state index in [1.807, 2.05) is 26.0 Å². The van der Waals surface area contributed by atoms with E-state index in [9.17, 15) is 9.59 Å². The van der Waals surface area contributed by atoms with Crippen LogP contribution in [0.1, 0.15) is 31.4 Å². The molecule has 1 aromatic rings. The summed E-state index contributed by atoms with van der Waals surface area (Å²) >= 11 is 1.58. The Morgan fingerprint density at radius 2 is 1.83 bits per heavy atom. The van der Waals surface area contributed by atoms with Crippen molar-refractivity contribution in [3.8, 4) is 0 Å². The second-order valence-corrected chi connectivity index (χ2v) is 7.11. The second kappa shape index (κ2) is 10.2. The van der Waals surface area contributed by atoms with Crippen molar-refractivity contribution in [3.63, 3.8) is 0 Å². The van der Waals surface area contributed by atoms with Crippen LogP contribution in [-0.4, -0.2) is 29.9 Å². The van der Waals surface area contributed by atoms with Gasteiger partial charge in [0.05, 0.1) is 12.3 Å². The first-order chi connectivity index (χ1) is 10.9. The van der Waals surface area contributed by atoms with Gasteiger partial charge in [-0.2, -0.15) is 11.8 Å². The molecule has 0 bridgehead atoms.